The van der Waals surface area contributed by atoms with Gasteiger partial charge in [-0.25, -0.2) is 4.98 Å². The fraction of sp³-hybridized carbons (Fsp3) is 0.375. The smallest absolute Gasteiger partial charge is 0.225 e. The summed E-state index contributed by atoms with van der Waals surface area (Å²) in [6.45, 7) is 9.26. The number of benzene rings is 1. The Morgan fingerprint density at radius 1 is 1.10 bits per heavy atom. The van der Waals surface area contributed by atoms with Gasteiger partial charge in [-0.3, -0.25) is 0 Å². The van der Waals surface area contributed by atoms with E-state index in [1.54, 1.807) is 6.20 Å². The number of rotatable bonds is 4. The summed E-state index contributed by atoms with van der Waals surface area (Å²) in [6.07, 6.45) is 1.79. The van der Waals surface area contributed by atoms with Gasteiger partial charge in [0.25, 0.3) is 0 Å². The predicted molar refractivity (Wildman–Crippen MR) is 84.5 cm³/mol. The molecule has 0 aliphatic carbocycles. The van der Waals surface area contributed by atoms with E-state index in [1.165, 1.54) is 0 Å². The quantitative estimate of drug-likeness (QED) is 0.916. The lowest BCUT2D eigenvalue weighted by Crippen LogP contribution is -2.28. The van der Waals surface area contributed by atoms with Crippen molar-refractivity contribution in [3.63, 3.8) is 0 Å². The summed E-state index contributed by atoms with van der Waals surface area (Å²) in [4.78, 5) is 11.1. The zero-order valence-electron chi connectivity index (χ0n) is 12.6. The number of nitrogens with one attached hydrogen (secondary N) is 1. The Morgan fingerprint density at radius 2 is 1.80 bits per heavy atom. The maximum absolute atomic E-state index is 4.61. The van der Waals surface area contributed by atoms with Gasteiger partial charge >= 0.3 is 0 Å². The van der Waals surface area contributed by atoms with Crippen LogP contribution in [0.5, 0.6) is 0 Å². The van der Waals surface area contributed by atoms with Crippen LogP contribution in [0.1, 0.15) is 27.7 Å². The zero-order chi connectivity index (χ0) is 14.6. The van der Waals surface area contributed by atoms with Crippen molar-refractivity contribution in [3.8, 4) is 0 Å². The molecule has 2 aromatic rings. The fourth-order valence-electron chi connectivity index (χ4n) is 1.98. The third-order valence-corrected chi connectivity index (χ3v) is 2.79. The van der Waals surface area contributed by atoms with Crippen LogP contribution >= 0.6 is 0 Å². The molecule has 0 aliphatic rings. The van der Waals surface area contributed by atoms with Gasteiger partial charge in [0.15, 0.2) is 0 Å². The number of hydrogen-bond acceptors (Lipinski definition) is 4. The molecule has 1 aromatic carbocycles. The van der Waals surface area contributed by atoms with Crippen LogP contribution in [0.15, 0.2) is 42.6 Å². The Bertz CT molecular complexity index is 546. The molecule has 4 heteroatoms. The number of para-hydroxylation sites is 1. The highest BCUT2D eigenvalue weighted by molar-refractivity contribution is 5.60. The molecule has 106 valence electrons. The average molecular weight is 270 g/mol. The summed E-state index contributed by atoms with van der Waals surface area (Å²) in [7, 11) is 0. The topological polar surface area (TPSA) is 41.1 Å². The molecule has 1 heterocycles. The standard InChI is InChI=1S/C16H22N4/c1-5-20(13-9-7-6-8-10-13)14-11-12-17-15(18-14)19-16(2,3)4/h6-12H,5H2,1-4H3,(H,17,18,19). The SMILES string of the molecule is CCN(c1ccccc1)c1ccnc(NC(C)(C)C)n1. The van der Waals surface area contributed by atoms with Gasteiger partial charge in [0.05, 0.1) is 0 Å². The fourth-order valence-corrected chi connectivity index (χ4v) is 1.98. The van der Waals surface area contributed by atoms with Gasteiger partial charge in [0.2, 0.25) is 5.95 Å². The first-order valence-electron chi connectivity index (χ1n) is 6.93. The molecular weight excluding hydrogens is 248 g/mol. The van der Waals surface area contributed by atoms with Crippen molar-refractivity contribution in [3.05, 3.63) is 42.6 Å². The Morgan fingerprint density at radius 3 is 2.40 bits per heavy atom. The molecule has 0 saturated carbocycles. The zero-order valence-corrected chi connectivity index (χ0v) is 12.6. The highest BCUT2D eigenvalue weighted by Crippen LogP contribution is 2.23. The summed E-state index contributed by atoms with van der Waals surface area (Å²) >= 11 is 0. The predicted octanol–water partition coefficient (Wildman–Crippen LogP) is 3.85. The molecule has 1 aromatic heterocycles. The summed E-state index contributed by atoms with van der Waals surface area (Å²) in [5, 5.41) is 3.30. The summed E-state index contributed by atoms with van der Waals surface area (Å²) in [6, 6.07) is 12.2. The van der Waals surface area contributed by atoms with E-state index in [-0.39, 0.29) is 5.54 Å². The molecule has 0 saturated heterocycles. The molecule has 0 unspecified atom stereocenters. The van der Waals surface area contributed by atoms with Crippen molar-refractivity contribution in [2.45, 2.75) is 33.2 Å². The van der Waals surface area contributed by atoms with Crippen molar-refractivity contribution in [2.24, 2.45) is 0 Å². The molecule has 0 spiro atoms. The maximum atomic E-state index is 4.61. The second-order valence-electron chi connectivity index (χ2n) is 5.69. The molecule has 20 heavy (non-hydrogen) atoms. The van der Waals surface area contributed by atoms with Crippen LogP contribution in [-0.2, 0) is 0 Å². The molecular formula is C16H22N4. The average Bonchev–Trinajstić information content (AvgIpc) is 2.39. The van der Waals surface area contributed by atoms with E-state index >= 15 is 0 Å². The first-order chi connectivity index (χ1) is 9.49. The van der Waals surface area contributed by atoms with Crippen molar-refractivity contribution < 1.29 is 0 Å². The summed E-state index contributed by atoms with van der Waals surface area (Å²) in [5.74, 6) is 1.56. The molecule has 0 aliphatic heterocycles. The van der Waals surface area contributed by atoms with Crippen molar-refractivity contribution in [1.29, 1.82) is 0 Å². The van der Waals surface area contributed by atoms with Gasteiger partial charge in [0, 0.05) is 24.0 Å². The van der Waals surface area contributed by atoms with Crippen LogP contribution in [0.4, 0.5) is 17.5 Å². The molecule has 0 bridgehead atoms. The molecule has 0 radical (unpaired) electrons. The molecule has 4 nitrogen and oxygen atoms in total. The normalized spacial score (nSPS) is 11.2. The second kappa shape index (κ2) is 5.90. The number of nitrogens with zero attached hydrogens (tertiary/aromatic N) is 3. The van der Waals surface area contributed by atoms with Crippen LogP contribution in [0.25, 0.3) is 0 Å². The Hall–Kier alpha value is -2.10. The second-order valence-corrected chi connectivity index (χ2v) is 5.69. The van der Waals surface area contributed by atoms with E-state index in [0.717, 1.165) is 18.1 Å². The molecule has 1 N–H and O–H groups in total. The van der Waals surface area contributed by atoms with E-state index in [2.05, 4.69) is 60.0 Å². The Balaban J connectivity index is 2.29. The summed E-state index contributed by atoms with van der Waals surface area (Å²) in [5.41, 5.74) is 1.08. The Kier molecular flexibility index (Phi) is 4.23. The highest BCUT2D eigenvalue weighted by Gasteiger charge is 2.13. The summed E-state index contributed by atoms with van der Waals surface area (Å²) < 4.78 is 0. The minimum Gasteiger partial charge on any atom is -0.350 e. The van der Waals surface area contributed by atoms with Crippen LogP contribution in [0.3, 0.4) is 0 Å². The van der Waals surface area contributed by atoms with E-state index in [4.69, 9.17) is 0 Å². The van der Waals surface area contributed by atoms with Gasteiger partial charge < -0.3 is 10.2 Å². The largest absolute Gasteiger partial charge is 0.350 e. The number of hydrogen-bond donors (Lipinski definition) is 1. The van der Waals surface area contributed by atoms with Crippen molar-refractivity contribution in [1.82, 2.24) is 9.97 Å². The van der Waals surface area contributed by atoms with Crippen molar-refractivity contribution in [2.75, 3.05) is 16.8 Å². The number of anilines is 3. The van der Waals surface area contributed by atoms with E-state index in [0.29, 0.717) is 5.95 Å². The lowest BCUT2D eigenvalue weighted by Gasteiger charge is -2.24. The van der Waals surface area contributed by atoms with E-state index in [1.807, 2.05) is 24.3 Å². The lowest BCUT2D eigenvalue weighted by atomic mass is 10.1. The monoisotopic (exact) mass is 270 g/mol. The van der Waals surface area contributed by atoms with Crippen LogP contribution in [0, 0.1) is 0 Å². The number of aromatic nitrogens is 2. The first-order valence-corrected chi connectivity index (χ1v) is 6.93. The molecule has 0 amide bonds. The van der Waals surface area contributed by atoms with Crippen molar-refractivity contribution >= 4 is 17.5 Å². The van der Waals surface area contributed by atoms with E-state index in [9.17, 15) is 0 Å². The van der Waals surface area contributed by atoms with Gasteiger partial charge in [-0.1, -0.05) is 18.2 Å². The van der Waals surface area contributed by atoms with Crippen LogP contribution in [0.2, 0.25) is 0 Å². The van der Waals surface area contributed by atoms with Gasteiger partial charge in [-0.15, -0.1) is 0 Å². The minimum absolute atomic E-state index is 0.0532. The minimum atomic E-state index is -0.0532. The van der Waals surface area contributed by atoms with Crippen LogP contribution < -0.4 is 10.2 Å². The lowest BCUT2D eigenvalue weighted by molar-refractivity contribution is 0.626. The maximum Gasteiger partial charge on any atom is 0.225 e. The van der Waals surface area contributed by atoms with E-state index < -0.39 is 0 Å². The first kappa shape index (κ1) is 14.3. The molecule has 2 rings (SSSR count). The highest BCUT2D eigenvalue weighted by atomic mass is 15.2. The third-order valence-electron chi connectivity index (χ3n) is 2.79. The van der Waals surface area contributed by atoms with Gasteiger partial charge in [-0.2, -0.15) is 4.98 Å². The Labute approximate surface area is 120 Å². The molecule has 0 atom stereocenters. The van der Waals surface area contributed by atoms with Gasteiger partial charge in [-0.05, 0) is 45.9 Å². The van der Waals surface area contributed by atoms with Crippen LogP contribution in [-0.4, -0.2) is 22.1 Å². The third kappa shape index (κ3) is 3.70. The van der Waals surface area contributed by atoms with Gasteiger partial charge in [0.1, 0.15) is 5.82 Å². The molecule has 0 fully saturated rings.